The van der Waals surface area contributed by atoms with Crippen molar-refractivity contribution in [2.24, 2.45) is 5.10 Å². The van der Waals surface area contributed by atoms with E-state index in [1.807, 2.05) is 18.2 Å². The first kappa shape index (κ1) is 16.2. The van der Waals surface area contributed by atoms with Crippen LogP contribution >= 0.6 is 15.9 Å². The van der Waals surface area contributed by atoms with Crippen LogP contribution in [0.5, 0.6) is 0 Å². The van der Waals surface area contributed by atoms with E-state index in [2.05, 4.69) is 50.5 Å². The molecule has 0 aliphatic heterocycles. The van der Waals surface area contributed by atoms with Crippen LogP contribution in [0.15, 0.2) is 38.3 Å². The van der Waals surface area contributed by atoms with Gasteiger partial charge in [0, 0.05) is 17.1 Å². The van der Waals surface area contributed by atoms with E-state index in [9.17, 15) is 0 Å². The van der Waals surface area contributed by atoms with Crippen molar-refractivity contribution in [2.45, 2.75) is 33.1 Å². The van der Waals surface area contributed by atoms with Crippen LogP contribution in [-0.2, 0) is 6.42 Å². The van der Waals surface area contributed by atoms with Crippen molar-refractivity contribution >= 4 is 27.5 Å². The highest BCUT2D eigenvalue weighted by atomic mass is 79.9. The van der Waals surface area contributed by atoms with Gasteiger partial charge >= 0.3 is 0 Å². The van der Waals surface area contributed by atoms with E-state index in [0.29, 0.717) is 11.8 Å². The summed E-state index contributed by atoms with van der Waals surface area (Å²) in [5.41, 5.74) is 5.31. The fraction of sp³-hybridized carbons (Fsp3) is 0.312. The maximum atomic E-state index is 8.96. The van der Waals surface area contributed by atoms with E-state index in [4.69, 9.17) is 9.68 Å². The first-order valence-corrected chi connectivity index (χ1v) is 7.85. The second-order valence-electron chi connectivity index (χ2n) is 4.79. The van der Waals surface area contributed by atoms with Crippen LogP contribution in [-0.4, -0.2) is 10.7 Å². The number of rotatable bonds is 6. The van der Waals surface area contributed by atoms with Crippen LogP contribution in [0.3, 0.4) is 0 Å². The molecule has 0 saturated heterocycles. The number of aromatic nitrogens is 1. The number of halogens is 1. The van der Waals surface area contributed by atoms with Crippen LogP contribution in [0.25, 0.3) is 0 Å². The Kier molecular flexibility index (Phi) is 5.73. The first-order chi connectivity index (χ1) is 10.6. The zero-order valence-corrected chi connectivity index (χ0v) is 14.1. The van der Waals surface area contributed by atoms with Gasteiger partial charge in [0.1, 0.15) is 6.07 Å². The molecule has 0 atom stereocenters. The summed E-state index contributed by atoms with van der Waals surface area (Å²) in [6.45, 7) is 3.75. The molecule has 1 N–H and O–H groups in total. The van der Waals surface area contributed by atoms with Crippen molar-refractivity contribution in [3.05, 3.63) is 45.9 Å². The Balaban J connectivity index is 1.98. The number of nitrogens with one attached hydrogen (secondary N) is 1. The molecule has 1 heterocycles. The minimum Gasteiger partial charge on any atom is -0.422 e. The topological polar surface area (TPSA) is 74.2 Å². The molecule has 0 fully saturated rings. The number of oxazole rings is 1. The van der Waals surface area contributed by atoms with Gasteiger partial charge in [0.25, 0.3) is 5.88 Å². The zero-order chi connectivity index (χ0) is 15.9. The highest BCUT2D eigenvalue weighted by molar-refractivity contribution is 9.10. The molecule has 0 unspecified atom stereocenters. The molecule has 0 aliphatic rings. The predicted octanol–water partition coefficient (Wildman–Crippen LogP) is 4.43. The van der Waals surface area contributed by atoms with Crippen LogP contribution in [0, 0.1) is 18.3 Å². The Bertz CT molecular complexity index is 698. The fourth-order valence-corrected chi connectivity index (χ4v) is 2.22. The predicted molar refractivity (Wildman–Crippen MR) is 89.8 cm³/mol. The Morgan fingerprint density at radius 1 is 1.41 bits per heavy atom. The summed E-state index contributed by atoms with van der Waals surface area (Å²) in [6, 6.07) is 10.2. The van der Waals surface area contributed by atoms with Gasteiger partial charge in [0.15, 0.2) is 5.89 Å². The average molecular weight is 361 g/mol. The third kappa shape index (κ3) is 4.43. The molecule has 0 bridgehead atoms. The zero-order valence-electron chi connectivity index (χ0n) is 12.6. The minimum atomic E-state index is 0.226. The maximum absolute atomic E-state index is 8.96. The molecular weight excluding hydrogens is 344 g/mol. The number of nitriles is 1. The van der Waals surface area contributed by atoms with Crippen molar-refractivity contribution in [3.8, 4) is 6.07 Å². The van der Waals surface area contributed by atoms with Gasteiger partial charge in [-0.2, -0.15) is 10.4 Å². The molecule has 0 aliphatic carbocycles. The second-order valence-corrected chi connectivity index (χ2v) is 5.71. The lowest BCUT2D eigenvalue weighted by atomic mass is 10.1. The summed E-state index contributed by atoms with van der Waals surface area (Å²) in [4.78, 5) is 3.97. The Labute approximate surface area is 138 Å². The standard InChI is InChI=1S/C16H17BrN4O/c1-3-14(9-6-12-4-7-13(17)8-5-12)20-21-16-15(10-18)19-11(2)22-16/h4-5,7-8,21H,3,6,9H2,1-2H3/b20-14+. The lowest BCUT2D eigenvalue weighted by Gasteiger charge is -2.05. The van der Waals surface area contributed by atoms with Crippen molar-refractivity contribution in [1.29, 1.82) is 5.26 Å². The molecule has 6 heteroatoms. The van der Waals surface area contributed by atoms with Gasteiger partial charge in [-0.15, -0.1) is 0 Å². The van der Waals surface area contributed by atoms with Gasteiger partial charge in [0.05, 0.1) is 0 Å². The normalized spacial score (nSPS) is 11.3. The highest BCUT2D eigenvalue weighted by Crippen LogP contribution is 2.16. The van der Waals surface area contributed by atoms with Gasteiger partial charge in [-0.3, -0.25) is 0 Å². The minimum absolute atomic E-state index is 0.226. The molecule has 114 valence electrons. The molecule has 0 spiro atoms. The molecule has 1 aromatic heterocycles. The maximum Gasteiger partial charge on any atom is 0.252 e. The van der Waals surface area contributed by atoms with E-state index in [1.54, 1.807) is 6.92 Å². The molecular formula is C16H17BrN4O. The van der Waals surface area contributed by atoms with Crippen LogP contribution < -0.4 is 5.43 Å². The van der Waals surface area contributed by atoms with E-state index in [0.717, 1.165) is 29.4 Å². The summed E-state index contributed by atoms with van der Waals surface area (Å²) < 4.78 is 6.40. The van der Waals surface area contributed by atoms with Gasteiger partial charge in [-0.05, 0) is 37.0 Å². The number of nitrogens with zero attached hydrogens (tertiary/aromatic N) is 3. The summed E-state index contributed by atoms with van der Waals surface area (Å²) in [5, 5.41) is 13.3. The number of hydrogen-bond acceptors (Lipinski definition) is 5. The lowest BCUT2D eigenvalue weighted by Crippen LogP contribution is -2.03. The second kappa shape index (κ2) is 7.76. The Morgan fingerprint density at radius 2 is 2.14 bits per heavy atom. The van der Waals surface area contributed by atoms with Crippen molar-refractivity contribution in [3.63, 3.8) is 0 Å². The first-order valence-electron chi connectivity index (χ1n) is 7.05. The largest absolute Gasteiger partial charge is 0.422 e. The summed E-state index contributed by atoms with van der Waals surface area (Å²) in [7, 11) is 0. The monoisotopic (exact) mass is 360 g/mol. The number of hydrazone groups is 1. The Morgan fingerprint density at radius 3 is 2.77 bits per heavy atom. The van der Waals surface area contributed by atoms with Crippen molar-refractivity contribution < 1.29 is 4.42 Å². The molecule has 2 rings (SSSR count). The molecule has 0 saturated carbocycles. The summed E-state index contributed by atoms with van der Waals surface area (Å²) in [5.74, 6) is 0.747. The highest BCUT2D eigenvalue weighted by Gasteiger charge is 2.09. The SMILES string of the molecule is CC/C(CCc1ccc(Br)cc1)=N\Nc1oc(C)nc1C#N. The van der Waals surface area contributed by atoms with Crippen molar-refractivity contribution in [2.75, 3.05) is 5.43 Å². The third-order valence-electron chi connectivity index (χ3n) is 3.18. The van der Waals surface area contributed by atoms with Gasteiger partial charge in [-0.25, -0.2) is 10.4 Å². The average Bonchev–Trinajstić information content (AvgIpc) is 2.89. The molecule has 0 radical (unpaired) electrons. The number of aryl methyl sites for hydroxylation is 2. The number of anilines is 1. The van der Waals surface area contributed by atoms with Gasteiger partial charge in [0.2, 0.25) is 5.69 Å². The third-order valence-corrected chi connectivity index (χ3v) is 3.71. The molecule has 22 heavy (non-hydrogen) atoms. The lowest BCUT2D eigenvalue weighted by molar-refractivity contribution is 0.533. The van der Waals surface area contributed by atoms with Gasteiger partial charge < -0.3 is 4.42 Å². The van der Waals surface area contributed by atoms with E-state index >= 15 is 0 Å². The van der Waals surface area contributed by atoms with Crippen LogP contribution in [0.1, 0.15) is 36.9 Å². The smallest absolute Gasteiger partial charge is 0.252 e. The molecule has 5 nitrogen and oxygen atoms in total. The fourth-order valence-electron chi connectivity index (χ4n) is 1.96. The Hall–Kier alpha value is -2.13. The molecule has 1 aromatic carbocycles. The van der Waals surface area contributed by atoms with E-state index in [1.165, 1.54) is 5.56 Å². The van der Waals surface area contributed by atoms with Gasteiger partial charge in [-0.1, -0.05) is 35.0 Å². The number of benzene rings is 1. The summed E-state index contributed by atoms with van der Waals surface area (Å²) in [6.07, 6.45) is 2.60. The summed E-state index contributed by atoms with van der Waals surface area (Å²) >= 11 is 3.43. The molecule has 0 amide bonds. The number of hydrogen-bond donors (Lipinski definition) is 1. The van der Waals surface area contributed by atoms with E-state index in [-0.39, 0.29) is 5.69 Å². The molecule has 2 aromatic rings. The van der Waals surface area contributed by atoms with Crippen LogP contribution in [0.2, 0.25) is 0 Å². The van der Waals surface area contributed by atoms with Crippen molar-refractivity contribution in [1.82, 2.24) is 4.98 Å². The van der Waals surface area contributed by atoms with E-state index < -0.39 is 0 Å². The quantitative estimate of drug-likeness (QED) is 0.610. The van der Waals surface area contributed by atoms with Crippen LogP contribution in [0.4, 0.5) is 5.88 Å².